The van der Waals surface area contributed by atoms with E-state index < -0.39 is 0 Å². The zero-order valence-corrected chi connectivity index (χ0v) is 11.5. The summed E-state index contributed by atoms with van der Waals surface area (Å²) in [5.41, 5.74) is 8.52. The summed E-state index contributed by atoms with van der Waals surface area (Å²) < 4.78 is 13.9. The smallest absolute Gasteiger partial charge is 0.128 e. The lowest BCUT2D eigenvalue weighted by atomic mass is 10.1. The van der Waals surface area contributed by atoms with E-state index in [1.165, 1.54) is 10.4 Å². The molecule has 100 valence electrons. The van der Waals surface area contributed by atoms with Crippen molar-refractivity contribution in [2.24, 2.45) is 5.73 Å². The molecule has 2 N–H and O–H groups in total. The quantitative estimate of drug-likeness (QED) is 0.934. The van der Waals surface area contributed by atoms with Crippen molar-refractivity contribution in [1.29, 1.82) is 0 Å². The average molecular weight is 276 g/mol. The summed E-state index contributed by atoms with van der Waals surface area (Å²) >= 11 is 1.83. The van der Waals surface area contributed by atoms with Crippen LogP contribution in [-0.4, -0.2) is 11.4 Å². The third kappa shape index (κ3) is 2.71. The maximum Gasteiger partial charge on any atom is 0.128 e. The number of rotatable bonds is 3. The third-order valence-corrected chi connectivity index (χ3v) is 4.66. The first kappa shape index (κ1) is 12.8. The number of halogens is 1. The van der Waals surface area contributed by atoms with E-state index in [-0.39, 0.29) is 5.82 Å². The van der Waals surface area contributed by atoms with Crippen molar-refractivity contribution in [2.45, 2.75) is 26.1 Å². The van der Waals surface area contributed by atoms with Crippen LogP contribution in [0.3, 0.4) is 0 Å². The number of thiophene rings is 1. The van der Waals surface area contributed by atoms with Crippen LogP contribution in [0.25, 0.3) is 0 Å². The second kappa shape index (κ2) is 5.41. The summed E-state index contributed by atoms with van der Waals surface area (Å²) in [5, 5.41) is 2.14. The van der Waals surface area contributed by atoms with Crippen LogP contribution in [0.1, 0.15) is 21.6 Å². The van der Waals surface area contributed by atoms with Gasteiger partial charge in [-0.1, -0.05) is 12.1 Å². The van der Waals surface area contributed by atoms with E-state index in [0.717, 1.165) is 30.6 Å². The van der Waals surface area contributed by atoms with Gasteiger partial charge in [0.05, 0.1) is 0 Å². The molecule has 1 aliphatic heterocycles. The van der Waals surface area contributed by atoms with Crippen LogP contribution < -0.4 is 5.73 Å². The topological polar surface area (TPSA) is 29.3 Å². The van der Waals surface area contributed by atoms with E-state index in [1.54, 1.807) is 6.07 Å². The fourth-order valence-corrected chi connectivity index (χ4v) is 3.42. The van der Waals surface area contributed by atoms with Crippen molar-refractivity contribution in [3.8, 4) is 0 Å². The Balaban J connectivity index is 1.73. The Kier molecular flexibility index (Phi) is 3.64. The number of hydrogen-bond donors (Lipinski definition) is 1. The summed E-state index contributed by atoms with van der Waals surface area (Å²) in [6.45, 7) is 2.99. The highest BCUT2D eigenvalue weighted by Crippen LogP contribution is 2.25. The summed E-state index contributed by atoms with van der Waals surface area (Å²) in [6, 6.07) is 7.51. The molecule has 1 aromatic heterocycles. The Morgan fingerprint density at radius 2 is 2.21 bits per heavy atom. The monoisotopic (exact) mass is 276 g/mol. The average Bonchev–Trinajstić information content (AvgIpc) is 2.88. The molecule has 0 fully saturated rings. The molecule has 0 radical (unpaired) electrons. The number of fused-ring (bicyclic) bond motifs is 1. The van der Waals surface area contributed by atoms with Crippen molar-refractivity contribution in [3.63, 3.8) is 0 Å². The van der Waals surface area contributed by atoms with Crippen molar-refractivity contribution >= 4 is 11.3 Å². The van der Waals surface area contributed by atoms with Crippen molar-refractivity contribution in [2.75, 3.05) is 6.54 Å². The van der Waals surface area contributed by atoms with Gasteiger partial charge in [-0.2, -0.15) is 0 Å². The SMILES string of the molecule is NCc1ccc(CN2CCc3sccc3C2)c(F)c1. The van der Waals surface area contributed by atoms with Gasteiger partial charge in [-0.05, 0) is 35.1 Å². The number of hydrogen-bond acceptors (Lipinski definition) is 3. The summed E-state index contributed by atoms with van der Waals surface area (Å²) in [5.74, 6) is -0.140. The van der Waals surface area contributed by atoms with Gasteiger partial charge in [0.2, 0.25) is 0 Å². The Morgan fingerprint density at radius 1 is 1.32 bits per heavy atom. The molecule has 0 spiro atoms. The third-order valence-electron chi connectivity index (χ3n) is 3.63. The van der Waals surface area contributed by atoms with Crippen LogP contribution >= 0.6 is 11.3 Å². The summed E-state index contributed by atoms with van der Waals surface area (Å²) in [4.78, 5) is 3.78. The second-order valence-corrected chi connectivity index (χ2v) is 5.96. The lowest BCUT2D eigenvalue weighted by molar-refractivity contribution is 0.244. The largest absolute Gasteiger partial charge is 0.326 e. The van der Waals surface area contributed by atoms with Crippen LogP contribution in [0.4, 0.5) is 4.39 Å². The van der Waals surface area contributed by atoms with Crippen LogP contribution in [0.15, 0.2) is 29.6 Å². The zero-order valence-electron chi connectivity index (χ0n) is 10.7. The Labute approximate surface area is 116 Å². The standard InChI is InChI=1S/C15H17FN2S/c16-14-7-11(8-17)1-2-12(14)9-18-5-3-15-13(10-18)4-6-19-15/h1-2,4,6-7H,3,5,8-10,17H2. The Morgan fingerprint density at radius 3 is 3.00 bits per heavy atom. The molecule has 2 aromatic rings. The summed E-state index contributed by atoms with van der Waals surface area (Å²) in [6.07, 6.45) is 1.08. The van der Waals surface area contributed by atoms with Gasteiger partial charge in [0.15, 0.2) is 0 Å². The molecule has 0 unspecified atom stereocenters. The molecular formula is C15H17FN2S. The Hall–Kier alpha value is -1.23. The molecule has 1 aromatic carbocycles. The fraction of sp³-hybridized carbons (Fsp3) is 0.333. The lowest BCUT2D eigenvalue weighted by Crippen LogP contribution is -2.29. The van der Waals surface area contributed by atoms with Crippen LogP contribution in [-0.2, 0) is 26.1 Å². The normalized spacial score (nSPS) is 15.5. The molecule has 1 aliphatic rings. The first-order valence-corrected chi connectivity index (χ1v) is 7.39. The second-order valence-electron chi connectivity index (χ2n) is 4.96. The minimum absolute atomic E-state index is 0.140. The minimum Gasteiger partial charge on any atom is -0.326 e. The molecule has 0 amide bonds. The molecule has 0 atom stereocenters. The highest BCUT2D eigenvalue weighted by molar-refractivity contribution is 7.10. The highest BCUT2D eigenvalue weighted by Gasteiger charge is 2.18. The van der Waals surface area contributed by atoms with E-state index in [4.69, 9.17) is 5.73 Å². The molecule has 3 rings (SSSR count). The first-order chi connectivity index (χ1) is 9.26. The first-order valence-electron chi connectivity index (χ1n) is 6.51. The molecule has 0 aliphatic carbocycles. The van der Waals surface area contributed by atoms with E-state index in [9.17, 15) is 4.39 Å². The van der Waals surface area contributed by atoms with Gasteiger partial charge in [-0.25, -0.2) is 4.39 Å². The molecule has 0 bridgehead atoms. The van der Waals surface area contributed by atoms with Gasteiger partial charge >= 0.3 is 0 Å². The van der Waals surface area contributed by atoms with Gasteiger partial charge in [-0.3, -0.25) is 4.90 Å². The van der Waals surface area contributed by atoms with Gasteiger partial charge in [0.25, 0.3) is 0 Å². The predicted octanol–water partition coefficient (Wildman–Crippen LogP) is 2.90. The number of benzene rings is 1. The van der Waals surface area contributed by atoms with E-state index >= 15 is 0 Å². The fourth-order valence-electron chi connectivity index (χ4n) is 2.53. The predicted molar refractivity (Wildman–Crippen MR) is 76.4 cm³/mol. The van der Waals surface area contributed by atoms with Gasteiger partial charge in [0, 0.05) is 36.6 Å². The van der Waals surface area contributed by atoms with Crippen LogP contribution in [0, 0.1) is 5.82 Å². The highest BCUT2D eigenvalue weighted by atomic mass is 32.1. The molecule has 19 heavy (non-hydrogen) atoms. The molecule has 2 nitrogen and oxygen atoms in total. The molecule has 2 heterocycles. The van der Waals surface area contributed by atoms with Crippen LogP contribution in [0.5, 0.6) is 0 Å². The van der Waals surface area contributed by atoms with Gasteiger partial charge in [0.1, 0.15) is 5.82 Å². The van der Waals surface area contributed by atoms with Crippen LogP contribution in [0.2, 0.25) is 0 Å². The number of nitrogens with two attached hydrogens (primary N) is 1. The zero-order chi connectivity index (χ0) is 13.2. The molecule has 4 heteroatoms. The molecule has 0 saturated heterocycles. The summed E-state index contributed by atoms with van der Waals surface area (Å²) in [7, 11) is 0. The van der Waals surface area contributed by atoms with Gasteiger partial charge in [-0.15, -0.1) is 11.3 Å². The van der Waals surface area contributed by atoms with Crippen molar-refractivity contribution < 1.29 is 4.39 Å². The van der Waals surface area contributed by atoms with Gasteiger partial charge < -0.3 is 5.73 Å². The molecular weight excluding hydrogens is 259 g/mol. The van der Waals surface area contributed by atoms with E-state index in [0.29, 0.717) is 13.1 Å². The minimum atomic E-state index is -0.140. The Bertz CT molecular complexity index is 579. The lowest BCUT2D eigenvalue weighted by Gasteiger charge is -2.27. The molecule has 0 saturated carbocycles. The number of nitrogens with zero attached hydrogens (tertiary/aromatic N) is 1. The van der Waals surface area contributed by atoms with E-state index in [2.05, 4.69) is 16.3 Å². The van der Waals surface area contributed by atoms with Crippen molar-refractivity contribution in [1.82, 2.24) is 4.90 Å². The van der Waals surface area contributed by atoms with E-state index in [1.807, 2.05) is 23.5 Å². The van der Waals surface area contributed by atoms with Crippen molar-refractivity contribution in [3.05, 3.63) is 57.0 Å². The maximum atomic E-state index is 13.9. The maximum absolute atomic E-state index is 13.9.